The number of benzene rings is 1. The Hall–Kier alpha value is -2.46. The minimum absolute atomic E-state index is 0.267. The first kappa shape index (κ1) is 22.7. The van der Waals surface area contributed by atoms with Gasteiger partial charge in [0.1, 0.15) is 0 Å². The molecule has 170 valence electrons. The molecule has 2 aromatic heterocycles. The molecule has 1 saturated heterocycles. The maximum atomic E-state index is 12.4. The highest BCUT2D eigenvalue weighted by molar-refractivity contribution is 7.18. The summed E-state index contributed by atoms with van der Waals surface area (Å²) in [6.07, 6.45) is -2.13. The molecule has 1 aliphatic rings. The van der Waals surface area contributed by atoms with Crippen LogP contribution in [0, 0.1) is 0 Å². The van der Waals surface area contributed by atoms with Crippen molar-refractivity contribution in [2.45, 2.75) is 38.3 Å². The average Bonchev–Trinajstić information content (AvgIpc) is 3.42. The summed E-state index contributed by atoms with van der Waals surface area (Å²) >= 11 is 3.43. The van der Waals surface area contributed by atoms with E-state index in [1.54, 1.807) is 27.6 Å². The summed E-state index contributed by atoms with van der Waals surface area (Å²) in [4.78, 5) is 24.6. The van der Waals surface area contributed by atoms with Gasteiger partial charge in [-0.1, -0.05) is 17.3 Å². The van der Waals surface area contributed by atoms with Gasteiger partial charge in [-0.15, -0.1) is 22.7 Å². The molecule has 5 nitrogen and oxygen atoms in total. The van der Waals surface area contributed by atoms with Crippen molar-refractivity contribution in [1.82, 2.24) is 9.88 Å². The van der Waals surface area contributed by atoms with Crippen molar-refractivity contribution in [3.63, 3.8) is 0 Å². The largest absolute Gasteiger partial charge is 0.432 e. The van der Waals surface area contributed by atoms with Crippen molar-refractivity contribution < 1.29 is 22.8 Å². The Labute approximate surface area is 191 Å². The lowest BCUT2D eigenvalue weighted by atomic mass is 9.97. The number of alkyl halides is 3. The summed E-state index contributed by atoms with van der Waals surface area (Å²) in [5.41, 5.74) is 1.13. The van der Waals surface area contributed by atoms with Crippen molar-refractivity contribution >= 4 is 44.5 Å². The van der Waals surface area contributed by atoms with E-state index in [1.165, 1.54) is 10.4 Å². The molecule has 0 bridgehead atoms. The average molecular weight is 482 g/mol. The van der Waals surface area contributed by atoms with Crippen LogP contribution in [-0.2, 0) is 16.1 Å². The smallest absolute Gasteiger partial charge is 0.385 e. The third kappa shape index (κ3) is 5.47. The van der Waals surface area contributed by atoms with Gasteiger partial charge < -0.3 is 9.74 Å². The summed E-state index contributed by atoms with van der Waals surface area (Å²) in [6, 6.07) is 10.6. The third-order valence-electron chi connectivity index (χ3n) is 5.42. The molecular weight excluding hydrogens is 459 g/mol. The van der Waals surface area contributed by atoms with Crippen LogP contribution in [0.2, 0.25) is 0 Å². The van der Waals surface area contributed by atoms with Gasteiger partial charge in [0.2, 0.25) is 0 Å². The van der Waals surface area contributed by atoms with E-state index in [2.05, 4.69) is 45.7 Å². The highest BCUT2D eigenvalue weighted by Crippen LogP contribution is 2.34. The van der Waals surface area contributed by atoms with Gasteiger partial charge in [0, 0.05) is 30.3 Å². The Morgan fingerprint density at radius 3 is 2.75 bits per heavy atom. The number of thiophene rings is 1. The topological polar surface area (TPSA) is 54.8 Å². The molecule has 0 aliphatic carbocycles. The Morgan fingerprint density at radius 2 is 2.06 bits per heavy atom. The molecule has 0 spiro atoms. The van der Waals surface area contributed by atoms with Gasteiger partial charge in [-0.25, -0.2) is 4.98 Å². The molecule has 32 heavy (non-hydrogen) atoms. The van der Waals surface area contributed by atoms with E-state index in [0.29, 0.717) is 13.1 Å². The molecule has 0 atom stereocenters. The summed E-state index contributed by atoms with van der Waals surface area (Å²) < 4.78 is 38.4. The number of likely N-dealkylation sites (tertiary alicyclic amines) is 1. The van der Waals surface area contributed by atoms with Crippen LogP contribution < -0.4 is 0 Å². The Balaban J connectivity index is 1.32. The van der Waals surface area contributed by atoms with Gasteiger partial charge in [-0.2, -0.15) is 13.2 Å². The fourth-order valence-electron chi connectivity index (χ4n) is 3.59. The predicted octanol–water partition coefficient (Wildman–Crippen LogP) is 5.61. The van der Waals surface area contributed by atoms with Crippen LogP contribution in [0.15, 0.2) is 40.9 Å². The zero-order valence-electron chi connectivity index (χ0n) is 17.4. The highest BCUT2D eigenvalue weighted by atomic mass is 32.1. The van der Waals surface area contributed by atoms with Crippen LogP contribution in [0.3, 0.4) is 0 Å². The minimum atomic E-state index is -4.55. The molecule has 0 saturated carbocycles. The molecule has 10 heteroatoms. The lowest BCUT2D eigenvalue weighted by molar-refractivity contribution is -0.137. The molecule has 1 amide bonds. The van der Waals surface area contributed by atoms with E-state index in [1.807, 2.05) is 0 Å². The molecule has 3 heterocycles. The normalized spacial score (nSPS) is 16.0. The number of carbonyl (C=O) groups excluding carboxylic acids is 1. The predicted molar refractivity (Wildman–Crippen MR) is 120 cm³/mol. The summed E-state index contributed by atoms with van der Waals surface area (Å²) in [6.45, 7) is 1.36. The SMILES string of the molecule is C/C(=N\OCC(=O)N1CCC(c2nc3cc(Cc4cccs4)ccc3s2)CC1)C(F)(F)F. The van der Waals surface area contributed by atoms with E-state index in [9.17, 15) is 18.0 Å². The van der Waals surface area contributed by atoms with Crippen LogP contribution in [0.1, 0.15) is 41.1 Å². The van der Waals surface area contributed by atoms with Crippen LogP contribution in [0.5, 0.6) is 0 Å². The number of amides is 1. The van der Waals surface area contributed by atoms with Gasteiger partial charge in [-0.05, 0) is 48.9 Å². The van der Waals surface area contributed by atoms with Crippen molar-refractivity contribution in [2.75, 3.05) is 19.7 Å². The number of hydrogen-bond donors (Lipinski definition) is 0. The van der Waals surface area contributed by atoms with Gasteiger partial charge in [0.15, 0.2) is 12.3 Å². The zero-order valence-corrected chi connectivity index (χ0v) is 19.0. The van der Waals surface area contributed by atoms with Crippen molar-refractivity contribution in [3.05, 3.63) is 51.2 Å². The maximum Gasteiger partial charge on any atom is 0.432 e. The molecule has 1 aliphatic heterocycles. The second-order valence-corrected chi connectivity index (χ2v) is 9.81. The van der Waals surface area contributed by atoms with Gasteiger partial charge in [0.25, 0.3) is 5.91 Å². The minimum Gasteiger partial charge on any atom is -0.385 e. The molecule has 1 fully saturated rings. The van der Waals surface area contributed by atoms with Crippen LogP contribution >= 0.6 is 22.7 Å². The standard InChI is InChI=1S/C22H22F3N3O2S2/c1-14(22(23,24)25)27-30-13-20(29)28-8-6-16(7-9-28)21-26-18-12-15(4-5-19(18)32-21)11-17-3-2-10-31-17/h2-5,10,12,16H,6-9,11,13H2,1H3/b27-14+. The van der Waals surface area contributed by atoms with Crippen LogP contribution in [0.4, 0.5) is 13.2 Å². The second-order valence-electron chi connectivity index (χ2n) is 7.71. The number of thiazole rings is 1. The number of aromatic nitrogens is 1. The summed E-state index contributed by atoms with van der Waals surface area (Å²) in [7, 11) is 0. The molecule has 3 aromatic rings. The van der Waals surface area contributed by atoms with E-state index in [4.69, 9.17) is 4.98 Å². The molecule has 4 rings (SSSR count). The Morgan fingerprint density at radius 1 is 1.28 bits per heavy atom. The lowest BCUT2D eigenvalue weighted by Crippen LogP contribution is -2.39. The van der Waals surface area contributed by atoms with Gasteiger partial charge >= 0.3 is 6.18 Å². The fraction of sp³-hybridized carbons (Fsp3) is 0.409. The maximum absolute atomic E-state index is 12.4. The molecule has 1 aromatic carbocycles. The monoisotopic (exact) mass is 481 g/mol. The van der Waals surface area contributed by atoms with E-state index < -0.39 is 18.5 Å². The van der Waals surface area contributed by atoms with Gasteiger partial charge in [0.05, 0.1) is 15.2 Å². The van der Waals surface area contributed by atoms with Crippen LogP contribution in [-0.4, -0.2) is 47.4 Å². The first-order valence-electron chi connectivity index (χ1n) is 10.2. The third-order valence-corrected chi connectivity index (χ3v) is 7.50. The summed E-state index contributed by atoms with van der Waals surface area (Å²) in [5.74, 6) is -0.0895. The van der Waals surface area contributed by atoms with Crippen molar-refractivity contribution in [3.8, 4) is 0 Å². The quantitative estimate of drug-likeness (QED) is 0.340. The molecule has 0 radical (unpaired) electrons. The number of halogens is 3. The molecule has 0 unspecified atom stereocenters. The van der Waals surface area contributed by atoms with Crippen molar-refractivity contribution in [2.24, 2.45) is 5.16 Å². The fourth-order valence-corrected chi connectivity index (χ4v) is 5.45. The van der Waals surface area contributed by atoms with Crippen molar-refractivity contribution in [1.29, 1.82) is 0 Å². The van der Waals surface area contributed by atoms with Gasteiger partial charge in [-0.3, -0.25) is 4.79 Å². The number of piperidine rings is 1. The first-order chi connectivity index (χ1) is 15.3. The lowest BCUT2D eigenvalue weighted by Gasteiger charge is -2.30. The Kier molecular flexibility index (Phi) is 6.80. The number of carbonyl (C=O) groups is 1. The molecule has 0 N–H and O–H groups in total. The van der Waals surface area contributed by atoms with Crippen LogP contribution in [0.25, 0.3) is 10.2 Å². The molecular formula is C22H22F3N3O2S2. The van der Waals surface area contributed by atoms with E-state index in [-0.39, 0.29) is 11.8 Å². The number of rotatable bonds is 6. The van der Waals surface area contributed by atoms with E-state index >= 15 is 0 Å². The number of oxime groups is 1. The number of hydrogen-bond acceptors (Lipinski definition) is 6. The number of fused-ring (bicyclic) bond motifs is 1. The highest BCUT2D eigenvalue weighted by Gasteiger charge is 2.33. The van der Waals surface area contributed by atoms with E-state index in [0.717, 1.165) is 41.4 Å². The zero-order chi connectivity index (χ0) is 22.7. The first-order valence-corrected chi connectivity index (χ1v) is 11.9. The summed E-state index contributed by atoms with van der Waals surface area (Å²) in [5, 5.41) is 6.13. The second kappa shape index (κ2) is 9.58. The Bertz CT molecular complexity index is 1100. The number of nitrogens with zero attached hydrogens (tertiary/aromatic N) is 3.